The molecule has 1 aromatic carbocycles. The molecule has 2 aromatic heterocycles. The van der Waals surface area contributed by atoms with Crippen molar-refractivity contribution in [1.29, 1.82) is 0 Å². The van der Waals surface area contributed by atoms with Crippen molar-refractivity contribution in [3.05, 3.63) is 33.1 Å². The summed E-state index contributed by atoms with van der Waals surface area (Å²) in [6.07, 6.45) is 0. The lowest BCUT2D eigenvalue weighted by Gasteiger charge is -2.08. The third-order valence-corrected chi connectivity index (χ3v) is 5.28. The number of nitrogens with two attached hydrogens (primary N) is 1. The van der Waals surface area contributed by atoms with E-state index >= 15 is 0 Å². The minimum Gasteiger partial charge on any atom is -0.397 e. The SMILES string of the molecule is CNC(=O)c1sc2nc(NC)nc(-c3ccc(Cl)c(Cl)c3)c2c1N. The number of thiophene rings is 1. The highest BCUT2D eigenvalue weighted by atomic mass is 35.5. The van der Waals surface area contributed by atoms with Gasteiger partial charge in [-0.2, -0.15) is 0 Å². The number of halogens is 2. The number of anilines is 2. The summed E-state index contributed by atoms with van der Waals surface area (Å²) in [7, 11) is 3.27. The number of rotatable bonds is 3. The number of nitrogens with zero attached hydrogens (tertiary/aromatic N) is 2. The molecule has 0 bridgehead atoms. The van der Waals surface area contributed by atoms with Crippen LogP contribution in [-0.2, 0) is 0 Å². The van der Waals surface area contributed by atoms with Gasteiger partial charge in [0.15, 0.2) is 0 Å². The van der Waals surface area contributed by atoms with Gasteiger partial charge < -0.3 is 16.4 Å². The molecule has 2 heterocycles. The second-order valence-electron chi connectivity index (χ2n) is 4.88. The molecule has 3 rings (SSSR count). The van der Waals surface area contributed by atoms with E-state index in [-0.39, 0.29) is 5.91 Å². The highest BCUT2D eigenvalue weighted by Crippen LogP contribution is 2.40. The number of aromatic nitrogens is 2. The van der Waals surface area contributed by atoms with Crippen molar-refractivity contribution in [3.8, 4) is 11.3 Å². The van der Waals surface area contributed by atoms with E-state index in [0.717, 1.165) is 5.56 Å². The summed E-state index contributed by atoms with van der Waals surface area (Å²) in [6, 6.07) is 5.20. The number of benzene rings is 1. The first-order valence-corrected chi connectivity index (χ1v) is 8.48. The van der Waals surface area contributed by atoms with Gasteiger partial charge in [0.1, 0.15) is 9.71 Å². The van der Waals surface area contributed by atoms with Gasteiger partial charge in [-0.15, -0.1) is 11.3 Å². The Kier molecular flexibility index (Phi) is 4.49. The van der Waals surface area contributed by atoms with Gasteiger partial charge in [0.2, 0.25) is 5.95 Å². The molecule has 6 nitrogen and oxygen atoms in total. The number of carbonyl (C=O) groups is 1. The molecule has 0 unspecified atom stereocenters. The molecule has 3 aromatic rings. The molecule has 24 heavy (non-hydrogen) atoms. The summed E-state index contributed by atoms with van der Waals surface area (Å²) >= 11 is 13.3. The van der Waals surface area contributed by atoms with Crippen LogP contribution in [0.25, 0.3) is 21.5 Å². The van der Waals surface area contributed by atoms with Crippen LogP contribution in [0.5, 0.6) is 0 Å². The highest BCUT2D eigenvalue weighted by molar-refractivity contribution is 7.21. The van der Waals surface area contributed by atoms with E-state index in [0.29, 0.717) is 42.5 Å². The van der Waals surface area contributed by atoms with Crippen LogP contribution >= 0.6 is 34.5 Å². The van der Waals surface area contributed by atoms with Crippen molar-refractivity contribution in [2.24, 2.45) is 0 Å². The molecular formula is C15H13Cl2N5OS. The molecule has 0 saturated heterocycles. The largest absolute Gasteiger partial charge is 0.397 e. The Balaban J connectivity index is 2.34. The van der Waals surface area contributed by atoms with Gasteiger partial charge in [-0.05, 0) is 12.1 Å². The van der Waals surface area contributed by atoms with Crippen LogP contribution in [0.4, 0.5) is 11.6 Å². The first kappa shape index (κ1) is 16.8. The molecular weight excluding hydrogens is 369 g/mol. The molecule has 9 heteroatoms. The van der Waals surface area contributed by atoms with Gasteiger partial charge in [0.05, 0.1) is 26.8 Å². The zero-order valence-electron chi connectivity index (χ0n) is 12.8. The Morgan fingerprint density at radius 2 is 1.96 bits per heavy atom. The zero-order valence-corrected chi connectivity index (χ0v) is 15.1. The fraction of sp³-hybridized carbons (Fsp3) is 0.133. The monoisotopic (exact) mass is 381 g/mol. The standard InChI is InChI=1S/C15H13Cl2N5OS/c1-19-13(23)12-10(18)9-11(6-3-4-7(16)8(17)5-6)21-15(20-2)22-14(9)24-12/h3-5H,18H2,1-2H3,(H,19,23)(H,20,21,22). The van der Waals surface area contributed by atoms with Crippen molar-refractivity contribution >= 4 is 62.3 Å². The van der Waals surface area contributed by atoms with E-state index in [1.54, 1.807) is 32.3 Å². The Labute approximate surface area is 152 Å². The summed E-state index contributed by atoms with van der Waals surface area (Å²) in [5.41, 5.74) is 7.88. The van der Waals surface area contributed by atoms with E-state index in [2.05, 4.69) is 20.6 Å². The molecule has 0 radical (unpaired) electrons. The topological polar surface area (TPSA) is 92.9 Å². The molecule has 1 amide bonds. The molecule has 0 spiro atoms. The van der Waals surface area contributed by atoms with Crippen molar-refractivity contribution in [1.82, 2.24) is 15.3 Å². The minimum atomic E-state index is -0.262. The van der Waals surface area contributed by atoms with E-state index < -0.39 is 0 Å². The Bertz CT molecular complexity index is 957. The summed E-state index contributed by atoms with van der Waals surface area (Å²) in [4.78, 5) is 21.9. The molecule has 0 aliphatic heterocycles. The quantitative estimate of drug-likeness (QED) is 0.643. The average molecular weight is 382 g/mol. The molecule has 0 fully saturated rings. The number of fused-ring (bicyclic) bond motifs is 1. The van der Waals surface area contributed by atoms with Gasteiger partial charge in [-0.3, -0.25) is 4.79 Å². The normalized spacial score (nSPS) is 10.8. The third kappa shape index (κ3) is 2.75. The number of amides is 1. The van der Waals surface area contributed by atoms with Crippen LogP contribution < -0.4 is 16.4 Å². The van der Waals surface area contributed by atoms with Crippen molar-refractivity contribution in [2.45, 2.75) is 0 Å². The maximum atomic E-state index is 12.0. The van der Waals surface area contributed by atoms with Crippen molar-refractivity contribution < 1.29 is 4.79 Å². The number of nitrogens with one attached hydrogen (secondary N) is 2. The predicted molar refractivity (Wildman–Crippen MR) is 100 cm³/mol. The molecule has 0 aliphatic carbocycles. The van der Waals surface area contributed by atoms with Gasteiger partial charge in [-0.25, -0.2) is 9.97 Å². The Morgan fingerprint density at radius 1 is 1.21 bits per heavy atom. The lowest BCUT2D eigenvalue weighted by molar-refractivity contribution is 0.0968. The van der Waals surface area contributed by atoms with Crippen LogP contribution in [0.2, 0.25) is 10.0 Å². The van der Waals surface area contributed by atoms with Crippen molar-refractivity contribution in [3.63, 3.8) is 0 Å². The fourth-order valence-electron chi connectivity index (χ4n) is 2.27. The fourth-order valence-corrected chi connectivity index (χ4v) is 3.61. The summed E-state index contributed by atoms with van der Waals surface area (Å²) in [5.74, 6) is 0.162. The van der Waals surface area contributed by atoms with Crippen LogP contribution in [0, 0.1) is 0 Å². The van der Waals surface area contributed by atoms with E-state index in [1.165, 1.54) is 11.3 Å². The number of hydrogen-bond donors (Lipinski definition) is 3. The minimum absolute atomic E-state index is 0.262. The summed E-state index contributed by atoms with van der Waals surface area (Å²) < 4.78 is 0. The third-order valence-electron chi connectivity index (χ3n) is 3.44. The molecule has 124 valence electrons. The number of nitrogen functional groups attached to an aromatic ring is 1. The van der Waals surface area contributed by atoms with E-state index in [4.69, 9.17) is 28.9 Å². The van der Waals surface area contributed by atoms with E-state index in [9.17, 15) is 4.79 Å². The molecule has 0 aliphatic rings. The summed E-state index contributed by atoms with van der Waals surface area (Å²) in [6.45, 7) is 0. The lowest BCUT2D eigenvalue weighted by atomic mass is 10.1. The number of hydrogen-bond acceptors (Lipinski definition) is 6. The maximum Gasteiger partial charge on any atom is 0.263 e. The lowest BCUT2D eigenvalue weighted by Crippen LogP contribution is -2.17. The number of carbonyl (C=O) groups excluding carboxylic acids is 1. The highest BCUT2D eigenvalue weighted by Gasteiger charge is 2.21. The molecule has 0 atom stereocenters. The Hall–Kier alpha value is -2.09. The van der Waals surface area contributed by atoms with Gasteiger partial charge in [-0.1, -0.05) is 29.3 Å². The average Bonchev–Trinajstić information content (AvgIpc) is 2.92. The van der Waals surface area contributed by atoms with Gasteiger partial charge >= 0.3 is 0 Å². The zero-order chi connectivity index (χ0) is 17.4. The molecule has 0 saturated carbocycles. The van der Waals surface area contributed by atoms with Crippen molar-refractivity contribution in [2.75, 3.05) is 25.1 Å². The smallest absolute Gasteiger partial charge is 0.263 e. The maximum absolute atomic E-state index is 12.0. The van der Waals surface area contributed by atoms with Gasteiger partial charge in [0, 0.05) is 19.7 Å². The second-order valence-corrected chi connectivity index (χ2v) is 6.69. The van der Waals surface area contributed by atoms with Crippen LogP contribution in [0.3, 0.4) is 0 Å². The second kappa shape index (κ2) is 6.43. The summed E-state index contributed by atoms with van der Waals surface area (Å²) in [5, 5.41) is 6.97. The first-order valence-electron chi connectivity index (χ1n) is 6.91. The van der Waals surface area contributed by atoms with E-state index in [1.807, 2.05) is 0 Å². The van der Waals surface area contributed by atoms with Gasteiger partial charge in [0.25, 0.3) is 5.91 Å². The molecule has 4 N–H and O–H groups in total. The first-order chi connectivity index (χ1) is 11.5. The Morgan fingerprint density at radius 3 is 2.58 bits per heavy atom. The van der Waals surface area contributed by atoms with Crippen LogP contribution in [0.1, 0.15) is 9.67 Å². The van der Waals surface area contributed by atoms with Crippen LogP contribution in [-0.4, -0.2) is 30.0 Å². The van der Waals surface area contributed by atoms with Crippen LogP contribution in [0.15, 0.2) is 18.2 Å². The predicted octanol–water partition coefficient (Wildman–Crippen LogP) is 3.65.